The zero-order valence-electron chi connectivity index (χ0n) is 13.9. The van der Waals surface area contributed by atoms with Gasteiger partial charge in [0.25, 0.3) is 0 Å². The van der Waals surface area contributed by atoms with Crippen LogP contribution in [0.3, 0.4) is 0 Å². The van der Waals surface area contributed by atoms with E-state index in [-0.39, 0.29) is 0 Å². The maximum atomic E-state index is 5.39. The average molecular weight is 371 g/mol. The Kier molecular flexibility index (Phi) is 4.85. The van der Waals surface area contributed by atoms with Crippen molar-refractivity contribution in [2.24, 2.45) is 5.16 Å². The highest BCUT2D eigenvalue weighted by Crippen LogP contribution is 2.37. The van der Waals surface area contributed by atoms with Gasteiger partial charge in [-0.25, -0.2) is 9.97 Å². The first-order valence-electron chi connectivity index (χ1n) is 8.40. The molecule has 25 heavy (non-hydrogen) atoms. The molecule has 0 N–H and O–H groups in total. The fourth-order valence-electron chi connectivity index (χ4n) is 2.69. The molecule has 7 heteroatoms. The van der Waals surface area contributed by atoms with Gasteiger partial charge in [0, 0.05) is 29.0 Å². The Balaban J connectivity index is 1.63. The van der Waals surface area contributed by atoms with Gasteiger partial charge in [0.15, 0.2) is 0 Å². The molecule has 0 saturated carbocycles. The van der Waals surface area contributed by atoms with Crippen molar-refractivity contribution < 1.29 is 4.84 Å². The molecule has 0 unspecified atom stereocenters. The van der Waals surface area contributed by atoms with Crippen molar-refractivity contribution in [2.75, 3.05) is 6.61 Å². The number of oxime groups is 1. The number of pyridine rings is 1. The average Bonchev–Trinajstić information content (AvgIpc) is 3.30. The number of nitrogens with zero attached hydrogens (tertiary/aromatic N) is 4. The van der Waals surface area contributed by atoms with E-state index in [2.05, 4.69) is 22.0 Å². The first-order valence-corrected chi connectivity index (χ1v) is 10.0. The van der Waals surface area contributed by atoms with Crippen LogP contribution >= 0.6 is 22.7 Å². The number of fused-ring (bicyclic) bond motifs is 1. The molecule has 0 fully saturated rings. The molecule has 0 amide bonds. The molecular weight excluding hydrogens is 352 g/mol. The molecule has 0 atom stereocenters. The maximum Gasteiger partial charge on any atom is 0.136 e. The van der Waals surface area contributed by atoms with Crippen LogP contribution in [0.25, 0.3) is 20.5 Å². The minimum atomic E-state index is 0.652. The van der Waals surface area contributed by atoms with E-state index >= 15 is 0 Å². The number of aryl methyl sites for hydroxylation is 1. The highest BCUT2D eigenvalue weighted by atomic mass is 32.1. The molecule has 3 aromatic rings. The Morgan fingerprint density at radius 3 is 3.00 bits per heavy atom. The molecule has 0 saturated heterocycles. The van der Waals surface area contributed by atoms with Gasteiger partial charge in [-0.2, -0.15) is 0 Å². The predicted molar refractivity (Wildman–Crippen MR) is 102 cm³/mol. The van der Waals surface area contributed by atoms with Crippen LogP contribution in [-0.4, -0.2) is 27.3 Å². The number of hydrogen-bond acceptors (Lipinski definition) is 7. The molecule has 0 aromatic carbocycles. The number of aromatic nitrogens is 3. The van der Waals surface area contributed by atoms with Crippen LogP contribution in [0.2, 0.25) is 0 Å². The van der Waals surface area contributed by atoms with Gasteiger partial charge >= 0.3 is 0 Å². The van der Waals surface area contributed by atoms with Crippen LogP contribution in [0.5, 0.6) is 0 Å². The van der Waals surface area contributed by atoms with E-state index in [1.807, 2.05) is 24.5 Å². The van der Waals surface area contributed by atoms with Crippen LogP contribution in [0.15, 0.2) is 35.9 Å². The first kappa shape index (κ1) is 16.4. The molecule has 4 rings (SSSR count). The van der Waals surface area contributed by atoms with Gasteiger partial charge in [0.05, 0.1) is 4.88 Å². The summed E-state index contributed by atoms with van der Waals surface area (Å²) in [7, 11) is 0. The highest BCUT2D eigenvalue weighted by Gasteiger charge is 2.23. The van der Waals surface area contributed by atoms with Crippen molar-refractivity contribution in [3.8, 4) is 20.5 Å². The first-order chi connectivity index (χ1) is 12.3. The van der Waals surface area contributed by atoms with Gasteiger partial charge < -0.3 is 4.84 Å². The van der Waals surface area contributed by atoms with E-state index in [1.54, 1.807) is 28.9 Å². The van der Waals surface area contributed by atoms with Crippen molar-refractivity contribution in [3.63, 3.8) is 0 Å². The zero-order chi connectivity index (χ0) is 17.1. The smallest absolute Gasteiger partial charge is 0.136 e. The summed E-state index contributed by atoms with van der Waals surface area (Å²) in [6, 6.07) is 3.95. The molecule has 1 aliphatic rings. The Labute approximate surface area is 154 Å². The van der Waals surface area contributed by atoms with Crippen LogP contribution in [0.4, 0.5) is 0 Å². The van der Waals surface area contributed by atoms with Crippen molar-refractivity contribution in [1.29, 1.82) is 0 Å². The Bertz CT molecular complexity index is 886. The lowest BCUT2D eigenvalue weighted by Gasteiger charge is -2.11. The predicted octanol–water partition coefficient (Wildman–Crippen LogP) is 4.80. The van der Waals surface area contributed by atoms with Crippen molar-refractivity contribution >= 4 is 28.4 Å². The van der Waals surface area contributed by atoms with Crippen LogP contribution < -0.4 is 0 Å². The molecule has 128 valence electrons. The summed E-state index contributed by atoms with van der Waals surface area (Å²) in [6.45, 7) is 2.73. The zero-order valence-corrected chi connectivity index (χ0v) is 15.6. The summed E-state index contributed by atoms with van der Waals surface area (Å²) in [6.07, 6.45) is 9.58. The molecule has 0 aliphatic heterocycles. The third-order valence-electron chi connectivity index (χ3n) is 3.88. The highest BCUT2D eigenvalue weighted by molar-refractivity contribution is 7.23. The largest absolute Gasteiger partial charge is 0.396 e. The van der Waals surface area contributed by atoms with Gasteiger partial charge in [-0.05, 0) is 37.8 Å². The SMILES string of the molecule is CCCO/N=C1\CCCc2sc(-c3cnc(-c4cccnc4)s3)nc21. The number of hydrogen-bond donors (Lipinski definition) is 0. The van der Waals surface area contributed by atoms with Gasteiger partial charge in [-0.15, -0.1) is 22.7 Å². The van der Waals surface area contributed by atoms with E-state index in [4.69, 9.17) is 9.82 Å². The summed E-state index contributed by atoms with van der Waals surface area (Å²) in [5.41, 5.74) is 3.03. The normalized spacial score (nSPS) is 15.3. The third kappa shape index (κ3) is 3.48. The molecule has 0 spiro atoms. The maximum absolute atomic E-state index is 5.39. The van der Waals surface area contributed by atoms with Gasteiger partial charge in [-0.1, -0.05) is 12.1 Å². The second-order valence-corrected chi connectivity index (χ2v) is 7.90. The monoisotopic (exact) mass is 370 g/mol. The quantitative estimate of drug-likeness (QED) is 0.478. The van der Waals surface area contributed by atoms with Gasteiger partial charge in [0.2, 0.25) is 0 Å². The molecule has 0 bridgehead atoms. The minimum absolute atomic E-state index is 0.652. The van der Waals surface area contributed by atoms with Crippen LogP contribution in [-0.2, 0) is 11.3 Å². The van der Waals surface area contributed by atoms with E-state index < -0.39 is 0 Å². The molecule has 3 aromatic heterocycles. The lowest BCUT2D eigenvalue weighted by Crippen LogP contribution is -2.11. The molecular formula is C18H18N4OS2. The van der Waals surface area contributed by atoms with E-state index in [0.29, 0.717) is 6.61 Å². The Hall–Kier alpha value is -2.12. The summed E-state index contributed by atoms with van der Waals surface area (Å²) >= 11 is 3.40. The van der Waals surface area contributed by atoms with E-state index in [0.717, 1.165) is 57.5 Å². The van der Waals surface area contributed by atoms with Crippen molar-refractivity contribution in [3.05, 3.63) is 41.3 Å². The summed E-state index contributed by atoms with van der Waals surface area (Å²) in [4.78, 5) is 21.3. The van der Waals surface area contributed by atoms with Crippen LogP contribution in [0.1, 0.15) is 36.8 Å². The lowest BCUT2D eigenvalue weighted by atomic mass is 10.0. The number of rotatable bonds is 5. The summed E-state index contributed by atoms with van der Waals surface area (Å²) in [5, 5.41) is 6.30. The fraction of sp³-hybridized carbons (Fsp3) is 0.333. The second kappa shape index (κ2) is 7.41. The Morgan fingerprint density at radius 1 is 1.20 bits per heavy atom. The summed E-state index contributed by atoms with van der Waals surface area (Å²) in [5.74, 6) is 0. The van der Waals surface area contributed by atoms with Crippen molar-refractivity contribution in [2.45, 2.75) is 32.6 Å². The topological polar surface area (TPSA) is 60.3 Å². The Morgan fingerprint density at radius 2 is 2.16 bits per heavy atom. The lowest BCUT2D eigenvalue weighted by molar-refractivity contribution is 0.144. The van der Waals surface area contributed by atoms with E-state index in [1.165, 1.54) is 4.88 Å². The molecule has 1 aliphatic carbocycles. The molecule has 5 nitrogen and oxygen atoms in total. The van der Waals surface area contributed by atoms with Crippen molar-refractivity contribution in [1.82, 2.24) is 15.0 Å². The number of thiazole rings is 2. The standard InChI is InChI=1S/C18H18N4OS2/c1-2-9-23-22-13-6-3-7-14-16(13)21-18(24-14)15-11-20-17(25-15)12-5-4-8-19-10-12/h4-5,8,10-11H,2-3,6-7,9H2,1H3/b22-13+. The van der Waals surface area contributed by atoms with Gasteiger partial charge in [0.1, 0.15) is 28.0 Å². The molecule has 0 radical (unpaired) electrons. The molecule has 3 heterocycles. The third-order valence-corrected chi connectivity index (χ3v) is 6.21. The van der Waals surface area contributed by atoms with Gasteiger partial charge in [-0.3, -0.25) is 4.98 Å². The van der Waals surface area contributed by atoms with Crippen LogP contribution in [0, 0.1) is 0 Å². The minimum Gasteiger partial charge on any atom is -0.396 e. The fourth-order valence-corrected chi connectivity index (χ4v) is 4.76. The summed E-state index contributed by atoms with van der Waals surface area (Å²) < 4.78 is 0. The second-order valence-electron chi connectivity index (χ2n) is 5.79. The van der Waals surface area contributed by atoms with E-state index in [9.17, 15) is 0 Å².